The average Bonchev–Trinajstić information content (AvgIpc) is 2.54. The van der Waals surface area contributed by atoms with Gasteiger partial charge in [0.2, 0.25) is 0 Å². The SMILES string of the molecule is C=CC(=O)OCc1c(C)ccc(C(=S)c2ccccc2)c1O. The molecule has 0 bridgehead atoms. The van der Waals surface area contributed by atoms with Gasteiger partial charge in [-0.1, -0.05) is 55.2 Å². The number of ether oxygens (including phenoxy) is 1. The van der Waals surface area contributed by atoms with E-state index in [0.717, 1.165) is 17.2 Å². The van der Waals surface area contributed by atoms with Crippen LogP contribution in [0.15, 0.2) is 55.1 Å². The summed E-state index contributed by atoms with van der Waals surface area (Å²) in [6.07, 6.45) is 1.09. The summed E-state index contributed by atoms with van der Waals surface area (Å²) in [6.45, 7) is 5.16. The number of phenols is 1. The number of esters is 1. The zero-order chi connectivity index (χ0) is 16.1. The molecule has 0 atom stereocenters. The van der Waals surface area contributed by atoms with E-state index in [1.54, 1.807) is 6.07 Å². The highest BCUT2D eigenvalue weighted by Gasteiger charge is 2.15. The zero-order valence-electron chi connectivity index (χ0n) is 12.2. The van der Waals surface area contributed by atoms with Crippen molar-refractivity contribution in [3.63, 3.8) is 0 Å². The third-order valence-electron chi connectivity index (χ3n) is 3.32. The fourth-order valence-electron chi connectivity index (χ4n) is 2.05. The van der Waals surface area contributed by atoms with Crippen LogP contribution in [0.1, 0.15) is 22.3 Å². The Morgan fingerprint density at radius 1 is 1.27 bits per heavy atom. The van der Waals surface area contributed by atoms with Crippen molar-refractivity contribution in [3.05, 3.63) is 77.4 Å². The largest absolute Gasteiger partial charge is 0.507 e. The van der Waals surface area contributed by atoms with Crippen LogP contribution < -0.4 is 0 Å². The van der Waals surface area contributed by atoms with E-state index in [0.29, 0.717) is 16.0 Å². The van der Waals surface area contributed by atoms with Crippen LogP contribution in [0.25, 0.3) is 0 Å². The van der Waals surface area contributed by atoms with Crippen LogP contribution in [0.5, 0.6) is 5.75 Å². The number of carbonyl (C=O) groups is 1. The molecule has 0 unspecified atom stereocenters. The minimum absolute atomic E-state index is 0.0201. The molecule has 0 saturated heterocycles. The summed E-state index contributed by atoms with van der Waals surface area (Å²) in [5.41, 5.74) is 2.78. The number of hydrogen-bond donors (Lipinski definition) is 1. The van der Waals surface area contributed by atoms with Gasteiger partial charge in [0.15, 0.2) is 0 Å². The maximum Gasteiger partial charge on any atom is 0.330 e. The van der Waals surface area contributed by atoms with Crippen LogP contribution in [0.2, 0.25) is 0 Å². The molecule has 1 N–H and O–H groups in total. The molecule has 0 amide bonds. The summed E-state index contributed by atoms with van der Waals surface area (Å²) in [4.78, 5) is 11.8. The third-order valence-corrected chi connectivity index (χ3v) is 3.78. The number of aromatic hydroxyl groups is 1. The number of rotatable bonds is 5. The van der Waals surface area contributed by atoms with Crippen molar-refractivity contribution < 1.29 is 14.6 Å². The molecule has 2 aromatic carbocycles. The van der Waals surface area contributed by atoms with Crippen LogP contribution >= 0.6 is 12.2 Å². The van der Waals surface area contributed by atoms with E-state index in [9.17, 15) is 9.90 Å². The highest BCUT2D eigenvalue weighted by Crippen LogP contribution is 2.29. The lowest BCUT2D eigenvalue weighted by Crippen LogP contribution is -2.06. The molecule has 0 radical (unpaired) electrons. The molecule has 0 fully saturated rings. The number of thiocarbonyl (C=S) groups is 1. The number of hydrogen-bond acceptors (Lipinski definition) is 4. The van der Waals surface area contributed by atoms with Crippen LogP contribution in [0, 0.1) is 6.92 Å². The van der Waals surface area contributed by atoms with E-state index in [1.807, 2.05) is 43.3 Å². The maximum absolute atomic E-state index is 11.2. The fraction of sp³-hybridized carbons (Fsp3) is 0.111. The van der Waals surface area contributed by atoms with E-state index in [1.165, 1.54) is 0 Å². The molecule has 3 nitrogen and oxygen atoms in total. The fourth-order valence-corrected chi connectivity index (χ4v) is 2.35. The molecule has 0 spiro atoms. The normalized spacial score (nSPS) is 10.0. The molecule has 4 heteroatoms. The van der Waals surface area contributed by atoms with Gasteiger partial charge in [0.1, 0.15) is 12.4 Å². The number of carbonyl (C=O) groups excluding carboxylic acids is 1. The van der Waals surface area contributed by atoms with Crippen molar-refractivity contribution in [2.45, 2.75) is 13.5 Å². The summed E-state index contributed by atoms with van der Waals surface area (Å²) in [6, 6.07) is 13.1. The quantitative estimate of drug-likeness (QED) is 0.396. The van der Waals surface area contributed by atoms with Crippen molar-refractivity contribution in [1.82, 2.24) is 0 Å². The Kier molecular flexibility index (Phi) is 5.07. The van der Waals surface area contributed by atoms with Gasteiger partial charge < -0.3 is 9.84 Å². The van der Waals surface area contributed by atoms with E-state index < -0.39 is 5.97 Å². The summed E-state index contributed by atoms with van der Waals surface area (Å²) in [7, 11) is 0. The molecular formula is C18H16O3S. The Balaban J connectivity index is 2.36. The molecule has 22 heavy (non-hydrogen) atoms. The summed E-state index contributed by atoms with van der Waals surface area (Å²) in [5.74, 6) is -0.486. The van der Waals surface area contributed by atoms with E-state index in [4.69, 9.17) is 17.0 Å². The van der Waals surface area contributed by atoms with Gasteiger partial charge in [-0.15, -0.1) is 0 Å². The van der Waals surface area contributed by atoms with Gasteiger partial charge in [-0.3, -0.25) is 0 Å². The van der Waals surface area contributed by atoms with Gasteiger partial charge in [0, 0.05) is 17.2 Å². The molecule has 112 valence electrons. The Labute approximate surface area is 134 Å². The van der Waals surface area contributed by atoms with Crippen LogP contribution in [0.4, 0.5) is 0 Å². The Morgan fingerprint density at radius 3 is 2.59 bits per heavy atom. The minimum Gasteiger partial charge on any atom is -0.507 e. The molecular weight excluding hydrogens is 296 g/mol. The second-order valence-electron chi connectivity index (χ2n) is 4.76. The third kappa shape index (κ3) is 3.40. The van der Waals surface area contributed by atoms with Crippen molar-refractivity contribution in [1.29, 1.82) is 0 Å². The Morgan fingerprint density at radius 2 is 1.95 bits per heavy atom. The smallest absolute Gasteiger partial charge is 0.330 e. The van der Waals surface area contributed by atoms with Crippen molar-refractivity contribution in [2.75, 3.05) is 0 Å². The summed E-state index contributed by atoms with van der Waals surface area (Å²) >= 11 is 5.45. The predicted octanol–water partition coefficient (Wildman–Crippen LogP) is 3.70. The Hall–Kier alpha value is -2.46. The first-order valence-electron chi connectivity index (χ1n) is 6.75. The monoisotopic (exact) mass is 312 g/mol. The number of benzene rings is 2. The van der Waals surface area contributed by atoms with Crippen LogP contribution in [-0.2, 0) is 16.1 Å². The van der Waals surface area contributed by atoms with Crippen molar-refractivity contribution in [2.24, 2.45) is 0 Å². The molecule has 0 aromatic heterocycles. The van der Waals surface area contributed by atoms with Crippen molar-refractivity contribution >= 4 is 23.1 Å². The lowest BCUT2D eigenvalue weighted by atomic mass is 9.98. The van der Waals surface area contributed by atoms with Crippen LogP contribution in [0.3, 0.4) is 0 Å². The maximum atomic E-state index is 11.2. The van der Waals surface area contributed by atoms with Gasteiger partial charge >= 0.3 is 5.97 Å². The van der Waals surface area contributed by atoms with Gasteiger partial charge in [0.05, 0.1) is 4.86 Å². The topological polar surface area (TPSA) is 46.5 Å². The predicted molar refractivity (Wildman–Crippen MR) is 90.1 cm³/mol. The first-order chi connectivity index (χ1) is 10.5. The van der Waals surface area contributed by atoms with E-state index in [2.05, 4.69) is 6.58 Å². The number of phenolic OH excluding ortho intramolecular Hbond substituents is 1. The molecule has 0 saturated carbocycles. The zero-order valence-corrected chi connectivity index (χ0v) is 13.0. The molecule has 2 aromatic rings. The first kappa shape index (κ1) is 15.9. The summed E-state index contributed by atoms with van der Waals surface area (Å²) < 4.78 is 5.02. The average molecular weight is 312 g/mol. The highest BCUT2D eigenvalue weighted by atomic mass is 32.1. The van der Waals surface area contributed by atoms with Gasteiger partial charge in [-0.05, 0) is 24.1 Å². The second kappa shape index (κ2) is 7.00. The Bertz CT molecular complexity index is 721. The lowest BCUT2D eigenvalue weighted by molar-refractivity contribution is -0.139. The molecule has 0 heterocycles. The first-order valence-corrected chi connectivity index (χ1v) is 7.15. The van der Waals surface area contributed by atoms with Gasteiger partial charge in [0.25, 0.3) is 0 Å². The van der Waals surface area contributed by atoms with Gasteiger partial charge in [-0.25, -0.2) is 4.79 Å². The summed E-state index contributed by atoms with van der Waals surface area (Å²) in [5, 5.41) is 10.5. The second-order valence-corrected chi connectivity index (χ2v) is 5.17. The standard InChI is InChI=1S/C18H16O3S/c1-3-16(19)21-11-15-12(2)9-10-14(17(15)20)18(22)13-7-5-4-6-8-13/h3-10,20H,1,11H2,2H3. The van der Waals surface area contributed by atoms with Gasteiger partial charge in [-0.2, -0.15) is 0 Å². The van der Waals surface area contributed by atoms with Crippen LogP contribution in [-0.4, -0.2) is 15.9 Å². The van der Waals surface area contributed by atoms with E-state index in [-0.39, 0.29) is 12.4 Å². The van der Waals surface area contributed by atoms with E-state index >= 15 is 0 Å². The number of aryl methyl sites for hydroxylation is 1. The minimum atomic E-state index is -0.533. The lowest BCUT2D eigenvalue weighted by Gasteiger charge is -2.13. The van der Waals surface area contributed by atoms with Crippen molar-refractivity contribution in [3.8, 4) is 5.75 Å². The molecule has 0 aliphatic carbocycles. The molecule has 0 aliphatic rings. The molecule has 0 aliphatic heterocycles. The molecule has 2 rings (SSSR count). The highest BCUT2D eigenvalue weighted by molar-refractivity contribution is 7.81.